The lowest BCUT2D eigenvalue weighted by atomic mass is 9.69. The van der Waals surface area contributed by atoms with Crippen LogP contribution in [0.25, 0.3) is 0 Å². The molecule has 0 radical (unpaired) electrons. The average molecular weight is 1190 g/mol. The van der Waals surface area contributed by atoms with Crippen LogP contribution in [0, 0.1) is 10.8 Å². The lowest BCUT2D eigenvalue weighted by Crippen LogP contribution is -2.58. The molecule has 18 N–H and O–H groups in total. The lowest BCUT2D eigenvalue weighted by Gasteiger charge is -2.38. The van der Waals surface area contributed by atoms with Gasteiger partial charge in [0.15, 0.2) is 50.2 Å². The number of nitrogens with one attached hydrogen (secondary N) is 4. The number of benzene rings is 6. The van der Waals surface area contributed by atoms with Crippen molar-refractivity contribution in [2.75, 3.05) is 13.1 Å². The van der Waals surface area contributed by atoms with Crippen molar-refractivity contribution >= 4 is 76.3 Å². The molecule has 0 fully saturated rings. The molecule has 432 valence electrons. The molecule has 4 atom stereocenters. The third-order valence-corrected chi connectivity index (χ3v) is 16.1. The molecule has 4 aliphatic rings. The van der Waals surface area contributed by atoms with Gasteiger partial charge in [-0.1, -0.05) is 23.2 Å². The van der Waals surface area contributed by atoms with Crippen molar-refractivity contribution in [3.8, 4) is 46.0 Å². The Hall–Kier alpha value is -9.95. The summed E-state index contributed by atoms with van der Waals surface area (Å²) in [5, 5.41) is 85.0. The van der Waals surface area contributed by atoms with Crippen molar-refractivity contribution < 1.29 is 83.1 Å². The highest BCUT2D eigenvalue weighted by atomic mass is 35.5. The molecule has 0 aliphatic carbocycles. The van der Waals surface area contributed by atoms with Gasteiger partial charge in [-0.25, -0.2) is 19.2 Å². The second-order valence-corrected chi connectivity index (χ2v) is 21.3. The molecule has 0 amide bonds. The summed E-state index contributed by atoms with van der Waals surface area (Å²) < 4.78 is 24.8. The number of ether oxygens (including phenoxy) is 4. The fourth-order valence-corrected chi connectivity index (χ4v) is 12.2. The highest BCUT2D eigenvalue weighted by Crippen LogP contribution is 2.62. The Morgan fingerprint density at radius 1 is 0.524 bits per heavy atom. The number of phenols is 4. The van der Waals surface area contributed by atoms with E-state index in [9.17, 15) is 40.2 Å². The summed E-state index contributed by atoms with van der Waals surface area (Å²) >= 11 is 15.6. The fraction of sp³-hybridized carbons (Fsp3) is 0.211. The molecular formula is C57H48Cl2N8O17. The van der Waals surface area contributed by atoms with Gasteiger partial charge in [-0.15, -0.1) is 0 Å². The highest BCUT2D eigenvalue weighted by molar-refractivity contribution is 6.58. The van der Waals surface area contributed by atoms with Crippen LogP contribution < -0.4 is 43.0 Å². The molecule has 0 bridgehead atoms. The summed E-state index contributed by atoms with van der Waals surface area (Å²) in [6.07, 6.45) is -1.07. The minimum atomic E-state index is -3.74. The molecule has 0 saturated carbocycles. The van der Waals surface area contributed by atoms with Gasteiger partial charge in [0, 0.05) is 81.9 Å². The van der Waals surface area contributed by atoms with E-state index in [1.165, 1.54) is 48.5 Å². The van der Waals surface area contributed by atoms with Crippen LogP contribution in [-0.4, -0.2) is 109 Å². The predicted octanol–water partition coefficient (Wildman–Crippen LogP) is 4.50. The summed E-state index contributed by atoms with van der Waals surface area (Å²) in [5.41, 5.74) is 13.3. The number of alkyl halides is 2. The van der Waals surface area contributed by atoms with Crippen molar-refractivity contribution in [3.63, 3.8) is 0 Å². The van der Waals surface area contributed by atoms with Crippen molar-refractivity contribution in [3.05, 3.63) is 164 Å². The van der Waals surface area contributed by atoms with E-state index in [0.29, 0.717) is 12.1 Å². The summed E-state index contributed by atoms with van der Waals surface area (Å²) in [6.45, 7) is -0.214. The first kappa shape index (κ1) is 57.3. The Kier molecular flexibility index (Phi) is 14.2. The van der Waals surface area contributed by atoms with Gasteiger partial charge >= 0.3 is 23.9 Å². The smallest absolute Gasteiger partial charge is 0.340 e. The summed E-state index contributed by atoms with van der Waals surface area (Å²) in [7, 11) is 0. The van der Waals surface area contributed by atoms with Crippen molar-refractivity contribution in [1.29, 1.82) is 10.8 Å². The standard InChI is InChI=1S/C57H48Cl2N8O17/c58-54(45(72)37(60)3-1-13-66-52(62)63,33-15-23(47(74)75)17-35-43(33)49(78)83-56(35)29-9-5-25(68)19-39(29)81-40-20-26(69)6-10-30(40)56)51(80)55(59,46(73)38(61)4-2-14-67-53(64)65)34-16-24(48(76)77)18-36-44(34)50(79)84-57(36)31-11-7-27(70)21-41(31)82-42-22-28(71)8-12-32(42)57/h5-12,15-22,37-38,68-71H,1-4,13-14,60-61H2,(H,74,75)(H,76,77)(H4,62,63,66)(H4,64,65,67)/t37-,38-,54?,55?/m0/s1. The zero-order valence-electron chi connectivity index (χ0n) is 43.4. The first-order valence-electron chi connectivity index (χ1n) is 25.4. The summed E-state index contributed by atoms with van der Waals surface area (Å²) in [6, 6.07) is 13.6. The van der Waals surface area contributed by atoms with Gasteiger partial charge in [-0.2, -0.15) is 0 Å². The van der Waals surface area contributed by atoms with Crippen molar-refractivity contribution in [2.24, 2.45) is 22.9 Å². The third-order valence-electron chi connectivity index (χ3n) is 15.0. The number of fused-ring (bicyclic) bond motifs is 12. The molecule has 2 spiro atoms. The van der Waals surface area contributed by atoms with Gasteiger partial charge in [0.05, 0.1) is 34.3 Å². The van der Waals surface area contributed by atoms with Crippen LogP contribution in [-0.2, 0) is 44.8 Å². The Morgan fingerprint density at radius 2 is 0.833 bits per heavy atom. The van der Waals surface area contributed by atoms with E-state index in [0.717, 1.165) is 36.4 Å². The molecule has 84 heavy (non-hydrogen) atoms. The minimum Gasteiger partial charge on any atom is -0.508 e. The number of carboxylic acids is 2. The highest BCUT2D eigenvalue weighted by Gasteiger charge is 2.66. The molecule has 10 rings (SSSR count). The second kappa shape index (κ2) is 20.8. The van der Waals surface area contributed by atoms with Crippen LogP contribution >= 0.6 is 23.2 Å². The lowest BCUT2D eigenvalue weighted by molar-refractivity contribution is -0.137. The maximum Gasteiger partial charge on any atom is 0.340 e. The van der Waals surface area contributed by atoms with E-state index in [1.807, 2.05) is 0 Å². The van der Waals surface area contributed by atoms with E-state index in [-0.39, 0.29) is 94.2 Å². The van der Waals surface area contributed by atoms with E-state index in [1.54, 1.807) is 0 Å². The van der Waals surface area contributed by atoms with Gasteiger partial charge in [0.2, 0.25) is 0 Å². The number of hydrogen-bond donors (Lipinski definition) is 14. The number of rotatable bonds is 18. The number of ketones is 3. The van der Waals surface area contributed by atoms with Gasteiger partial charge in [-0.3, -0.25) is 25.2 Å². The number of aromatic hydroxyl groups is 4. The van der Waals surface area contributed by atoms with E-state index in [4.69, 9.17) is 75.9 Å². The number of hydrogen-bond acceptors (Lipinski definition) is 19. The predicted molar refractivity (Wildman–Crippen MR) is 294 cm³/mol. The Balaban J connectivity index is 1.30. The number of phenolic OH excluding ortho intramolecular Hbond substituents is 4. The molecule has 0 saturated heterocycles. The molecule has 4 aliphatic heterocycles. The molecule has 6 aromatic rings. The van der Waals surface area contributed by atoms with Crippen LogP contribution in [0.5, 0.6) is 46.0 Å². The van der Waals surface area contributed by atoms with Crippen LogP contribution in [0.2, 0.25) is 0 Å². The Morgan fingerprint density at radius 3 is 1.12 bits per heavy atom. The van der Waals surface area contributed by atoms with E-state index in [2.05, 4.69) is 10.6 Å². The normalized spacial score (nSPS) is 16.4. The molecule has 6 aromatic carbocycles. The Bertz CT molecular complexity index is 3600. The number of nitrogens with two attached hydrogens (primary N) is 4. The summed E-state index contributed by atoms with van der Waals surface area (Å²) in [4.78, 5) is 99.0. The number of carbonyl (C=O) groups excluding carboxylic acids is 5. The van der Waals surface area contributed by atoms with Crippen LogP contribution in [0.4, 0.5) is 0 Å². The fourth-order valence-electron chi connectivity index (χ4n) is 11.3. The van der Waals surface area contributed by atoms with Crippen LogP contribution in [0.1, 0.15) is 112 Å². The van der Waals surface area contributed by atoms with Crippen LogP contribution in [0.3, 0.4) is 0 Å². The van der Waals surface area contributed by atoms with Gasteiger partial charge in [-0.05, 0) is 98.5 Å². The number of Topliss-reactive ketones (excluding diaryl/α,β-unsaturated/α-hetero) is 3. The average Bonchev–Trinajstić information content (AvgIpc) is 1.45. The summed E-state index contributed by atoms with van der Waals surface area (Å²) in [5.74, 6) is -14.7. The zero-order valence-corrected chi connectivity index (χ0v) is 44.9. The maximum absolute atomic E-state index is 17.0. The second-order valence-electron chi connectivity index (χ2n) is 20.1. The number of carboxylic acid groups (broad SMARTS) is 2. The first-order valence-corrected chi connectivity index (χ1v) is 26.1. The van der Waals surface area contributed by atoms with E-state index >= 15 is 24.0 Å². The minimum absolute atomic E-state index is 0.0751. The number of guanidine groups is 2. The first-order chi connectivity index (χ1) is 39.7. The molecule has 0 aromatic heterocycles. The molecule has 4 heterocycles. The van der Waals surface area contributed by atoms with Crippen molar-refractivity contribution in [2.45, 2.75) is 58.7 Å². The molecular weight excluding hydrogens is 1140 g/mol. The number of aromatic carboxylic acids is 2. The van der Waals surface area contributed by atoms with E-state index < -0.39 is 144 Å². The zero-order chi connectivity index (χ0) is 60.7. The Labute approximate surface area is 483 Å². The maximum atomic E-state index is 17.0. The third kappa shape index (κ3) is 8.91. The molecule has 27 heteroatoms. The SMILES string of the molecule is N=C(N)NCCC[C@H](N)C(=O)C(Cl)(C(=O)C(Cl)(C(=O)[C@@H](N)CCCNC(=N)N)c1cc(C(=O)O)cc2c1C(=O)OC21c2ccc(O)cc2Oc2cc(O)ccc21)c1cc(C(=O)O)cc2c1C(=O)OC21c2ccc(O)cc2Oc2cc(O)ccc21. The quantitative estimate of drug-likeness (QED) is 0.0141. The van der Waals surface area contributed by atoms with Crippen molar-refractivity contribution in [1.82, 2.24) is 10.6 Å². The molecule has 2 unspecified atom stereocenters. The monoisotopic (exact) mass is 1190 g/mol. The number of carbonyl (C=O) groups is 7. The number of esters is 2. The topological polar surface area (TPSA) is 454 Å². The van der Waals surface area contributed by atoms with Gasteiger partial charge in [0.1, 0.15) is 46.0 Å². The largest absolute Gasteiger partial charge is 0.508 e. The molecule has 25 nitrogen and oxygen atoms in total. The number of halogens is 2. The van der Waals surface area contributed by atoms with Crippen LogP contribution in [0.15, 0.2) is 97.1 Å². The van der Waals surface area contributed by atoms with Gasteiger partial charge < -0.3 is 83.2 Å². The van der Waals surface area contributed by atoms with Gasteiger partial charge in [0.25, 0.3) is 0 Å².